The van der Waals surface area contributed by atoms with E-state index < -0.39 is 0 Å². The maximum atomic E-state index is 5.99. The topological polar surface area (TPSA) is 12.5 Å². The number of hydrogen-bond donors (Lipinski definition) is 0. The van der Waals surface area contributed by atoms with Crippen molar-refractivity contribution in [2.75, 3.05) is 0 Å². The first kappa shape index (κ1) is 9.07. The first-order chi connectivity index (χ1) is 6.24. The quantitative estimate of drug-likeness (QED) is 0.542. The SMILES string of the molecule is C=C[C@H]1O[C@@H]1c1c(Cl)cccc1Cl. The molecule has 1 fully saturated rings. The van der Waals surface area contributed by atoms with Crippen molar-refractivity contribution in [2.24, 2.45) is 0 Å². The van der Waals surface area contributed by atoms with Gasteiger partial charge in [-0.15, -0.1) is 6.58 Å². The Morgan fingerprint density at radius 3 is 2.38 bits per heavy atom. The lowest BCUT2D eigenvalue weighted by Gasteiger charge is -2.01. The largest absolute Gasteiger partial charge is 0.360 e. The summed E-state index contributed by atoms with van der Waals surface area (Å²) in [4.78, 5) is 0. The van der Waals surface area contributed by atoms with Crippen LogP contribution in [0.3, 0.4) is 0 Å². The Kier molecular flexibility index (Phi) is 2.33. The molecule has 1 aliphatic rings. The lowest BCUT2D eigenvalue weighted by Crippen LogP contribution is -1.87. The monoisotopic (exact) mass is 214 g/mol. The Balaban J connectivity index is 2.35. The van der Waals surface area contributed by atoms with Crippen LogP contribution in [0.1, 0.15) is 11.7 Å². The molecule has 0 saturated carbocycles. The molecule has 0 bridgehead atoms. The molecule has 68 valence electrons. The second-order valence-corrected chi connectivity index (χ2v) is 3.71. The van der Waals surface area contributed by atoms with Crippen LogP contribution in [0, 0.1) is 0 Å². The van der Waals surface area contributed by atoms with Crippen molar-refractivity contribution in [2.45, 2.75) is 12.2 Å². The third-order valence-corrected chi connectivity index (χ3v) is 2.70. The summed E-state index contributed by atoms with van der Waals surface area (Å²) in [5.41, 5.74) is 0.871. The number of rotatable bonds is 2. The minimum atomic E-state index is -0.00120. The van der Waals surface area contributed by atoms with Gasteiger partial charge in [-0.2, -0.15) is 0 Å². The molecular weight excluding hydrogens is 207 g/mol. The molecule has 0 unspecified atom stereocenters. The lowest BCUT2D eigenvalue weighted by molar-refractivity contribution is 0.394. The average Bonchev–Trinajstić information content (AvgIpc) is 2.83. The molecule has 1 aliphatic heterocycles. The van der Waals surface area contributed by atoms with E-state index in [2.05, 4.69) is 6.58 Å². The molecule has 1 aromatic rings. The maximum absolute atomic E-state index is 5.99. The number of hydrogen-bond acceptors (Lipinski definition) is 1. The minimum Gasteiger partial charge on any atom is -0.360 e. The van der Waals surface area contributed by atoms with Crippen molar-refractivity contribution < 1.29 is 4.74 Å². The van der Waals surface area contributed by atoms with E-state index in [0.717, 1.165) is 5.56 Å². The molecule has 0 aliphatic carbocycles. The molecule has 0 spiro atoms. The smallest absolute Gasteiger partial charge is 0.116 e. The van der Waals surface area contributed by atoms with Gasteiger partial charge in [-0.05, 0) is 12.1 Å². The summed E-state index contributed by atoms with van der Waals surface area (Å²) in [5, 5.41) is 1.31. The third kappa shape index (κ3) is 1.60. The fourth-order valence-electron chi connectivity index (χ4n) is 1.32. The number of ether oxygens (including phenoxy) is 1. The minimum absolute atomic E-state index is 0.00120. The van der Waals surface area contributed by atoms with Gasteiger partial charge in [0.2, 0.25) is 0 Å². The van der Waals surface area contributed by atoms with Gasteiger partial charge in [0.05, 0.1) is 0 Å². The standard InChI is InChI=1S/C10H8Cl2O/c1-2-8-10(13-8)9-6(11)4-3-5-7(9)12/h2-5,8,10H,1H2/t8-,10+/m1/s1. The number of epoxide rings is 1. The van der Waals surface area contributed by atoms with Crippen LogP contribution in [0.5, 0.6) is 0 Å². The van der Waals surface area contributed by atoms with E-state index in [9.17, 15) is 0 Å². The van der Waals surface area contributed by atoms with Crippen molar-refractivity contribution in [3.05, 3.63) is 46.5 Å². The lowest BCUT2D eigenvalue weighted by atomic mass is 10.1. The Morgan fingerprint density at radius 2 is 1.92 bits per heavy atom. The van der Waals surface area contributed by atoms with Gasteiger partial charge in [-0.25, -0.2) is 0 Å². The molecule has 13 heavy (non-hydrogen) atoms. The fourth-order valence-corrected chi connectivity index (χ4v) is 1.93. The summed E-state index contributed by atoms with van der Waals surface area (Å²) in [6.45, 7) is 3.65. The third-order valence-electron chi connectivity index (χ3n) is 2.04. The zero-order chi connectivity index (χ0) is 9.42. The van der Waals surface area contributed by atoms with Gasteiger partial charge in [0.25, 0.3) is 0 Å². The van der Waals surface area contributed by atoms with Gasteiger partial charge in [-0.3, -0.25) is 0 Å². The van der Waals surface area contributed by atoms with E-state index in [0.29, 0.717) is 10.0 Å². The zero-order valence-corrected chi connectivity index (χ0v) is 8.35. The molecule has 2 rings (SSSR count). The van der Waals surface area contributed by atoms with E-state index in [4.69, 9.17) is 27.9 Å². The zero-order valence-electron chi connectivity index (χ0n) is 6.84. The Bertz CT molecular complexity index is 329. The molecule has 2 atom stereocenters. The van der Waals surface area contributed by atoms with Crippen molar-refractivity contribution in [3.63, 3.8) is 0 Å². The molecule has 0 amide bonds. The Morgan fingerprint density at radius 1 is 1.31 bits per heavy atom. The first-order valence-corrected chi connectivity index (χ1v) is 4.71. The second-order valence-electron chi connectivity index (χ2n) is 2.89. The van der Waals surface area contributed by atoms with E-state index in [1.807, 2.05) is 18.2 Å². The molecule has 0 N–H and O–H groups in total. The van der Waals surface area contributed by atoms with Gasteiger partial charge >= 0.3 is 0 Å². The van der Waals surface area contributed by atoms with Crippen molar-refractivity contribution in [1.82, 2.24) is 0 Å². The molecule has 0 aromatic heterocycles. The van der Waals surface area contributed by atoms with Crippen molar-refractivity contribution >= 4 is 23.2 Å². The predicted octanol–water partition coefficient (Wildman–Crippen LogP) is 3.62. The van der Waals surface area contributed by atoms with Gasteiger partial charge in [0.1, 0.15) is 12.2 Å². The van der Waals surface area contributed by atoms with Crippen LogP contribution in [0.15, 0.2) is 30.9 Å². The van der Waals surface area contributed by atoms with Crippen molar-refractivity contribution in [1.29, 1.82) is 0 Å². The highest BCUT2D eigenvalue weighted by Crippen LogP contribution is 2.45. The van der Waals surface area contributed by atoms with Gasteiger partial charge in [0.15, 0.2) is 0 Å². The fraction of sp³-hybridized carbons (Fsp3) is 0.200. The van der Waals surface area contributed by atoms with Crippen LogP contribution in [-0.2, 0) is 4.74 Å². The maximum Gasteiger partial charge on any atom is 0.116 e. The molecule has 1 aromatic carbocycles. The molecule has 1 heterocycles. The number of benzene rings is 1. The summed E-state index contributed by atoms with van der Waals surface area (Å²) in [5.74, 6) is 0. The van der Waals surface area contributed by atoms with Crippen LogP contribution in [0.4, 0.5) is 0 Å². The van der Waals surface area contributed by atoms with Crippen LogP contribution in [-0.4, -0.2) is 6.10 Å². The van der Waals surface area contributed by atoms with E-state index in [1.165, 1.54) is 0 Å². The molecular formula is C10H8Cl2O. The Hall–Kier alpha value is -0.500. The van der Waals surface area contributed by atoms with Gasteiger partial charge < -0.3 is 4.74 Å². The van der Waals surface area contributed by atoms with Crippen LogP contribution in [0.2, 0.25) is 10.0 Å². The Labute approximate surface area is 86.9 Å². The van der Waals surface area contributed by atoms with Crippen LogP contribution < -0.4 is 0 Å². The summed E-state index contributed by atoms with van der Waals surface area (Å²) in [7, 11) is 0. The molecule has 1 saturated heterocycles. The summed E-state index contributed by atoms with van der Waals surface area (Å²) in [6.07, 6.45) is 1.82. The van der Waals surface area contributed by atoms with E-state index in [1.54, 1.807) is 6.08 Å². The molecule has 3 heteroatoms. The summed E-state index contributed by atoms with van der Waals surface area (Å²) < 4.78 is 5.33. The average molecular weight is 215 g/mol. The van der Waals surface area contributed by atoms with Crippen LogP contribution >= 0.6 is 23.2 Å². The highest BCUT2D eigenvalue weighted by atomic mass is 35.5. The normalized spacial score (nSPS) is 25.7. The second kappa shape index (κ2) is 3.33. The molecule has 1 nitrogen and oxygen atoms in total. The molecule has 0 radical (unpaired) electrons. The highest BCUT2D eigenvalue weighted by molar-refractivity contribution is 6.36. The van der Waals surface area contributed by atoms with E-state index in [-0.39, 0.29) is 12.2 Å². The van der Waals surface area contributed by atoms with Gasteiger partial charge in [0, 0.05) is 15.6 Å². The first-order valence-electron chi connectivity index (χ1n) is 3.96. The highest BCUT2D eigenvalue weighted by Gasteiger charge is 2.40. The summed E-state index contributed by atoms with van der Waals surface area (Å²) in [6, 6.07) is 5.44. The van der Waals surface area contributed by atoms with Gasteiger partial charge in [-0.1, -0.05) is 35.3 Å². The predicted molar refractivity (Wildman–Crippen MR) is 54.3 cm³/mol. The van der Waals surface area contributed by atoms with E-state index >= 15 is 0 Å². The summed E-state index contributed by atoms with van der Waals surface area (Å²) >= 11 is 12.0. The number of halogens is 2. The van der Waals surface area contributed by atoms with Crippen LogP contribution in [0.25, 0.3) is 0 Å². The van der Waals surface area contributed by atoms with Crippen molar-refractivity contribution in [3.8, 4) is 0 Å².